The Balaban J connectivity index is 2.43. The lowest BCUT2D eigenvalue weighted by Gasteiger charge is -2.19. The van der Waals surface area contributed by atoms with Gasteiger partial charge in [-0.15, -0.1) is 0 Å². The van der Waals surface area contributed by atoms with Crippen molar-refractivity contribution < 1.29 is 9.18 Å². The molecule has 0 bridgehead atoms. The standard InChI is InChI=1S/C15H19FN6O2/c1-7(17)8(2)20-15-11(16)6-10(13(18)24)14(22-15)21-9-3-4-19-12(23)5-9/h3-8H,17H2,1-2H3,(H2,18,24)(H3,19,20,21,22,23)/t7-,8+/m0/s1. The highest BCUT2D eigenvalue weighted by Gasteiger charge is 2.18. The fourth-order valence-electron chi connectivity index (χ4n) is 1.88. The topological polar surface area (TPSA) is 139 Å². The van der Waals surface area contributed by atoms with E-state index in [2.05, 4.69) is 20.6 Å². The van der Waals surface area contributed by atoms with Crippen molar-refractivity contribution in [3.63, 3.8) is 0 Å². The van der Waals surface area contributed by atoms with Crippen molar-refractivity contribution in [2.45, 2.75) is 25.9 Å². The third kappa shape index (κ3) is 4.07. The highest BCUT2D eigenvalue weighted by molar-refractivity contribution is 5.98. The molecule has 0 saturated carbocycles. The molecule has 0 aromatic carbocycles. The average Bonchev–Trinajstić information content (AvgIpc) is 2.49. The molecule has 9 heteroatoms. The zero-order valence-corrected chi connectivity index (χ0v) is 13.3. The van der Waals surface area contributed by atoms with Crippen LogP contribution < -0.4 is 27.7 Å². The van der Waals surface area contributed by atoms with Crippen molar-refractivity contribution in [3.05, 3.63) is 46.1 Å². The van der Waals surface area contributed by atoms with Gasteiger partial charge in [0.1, 0.15) is 5.82 Å². The van der Waals surface area contributed by atoms with E-state index in [0.29, 0.717) is 5.69 Å². The van der Waals surface area contributed by atoms with Gasteiger partial charge >= 0.3 is 0 Å². The molecule has 0 aliphatic carbocycles. The fourth-order valence-corrected chi connectivity index (χ4v) is 1.88. The minimum atomic E-state index is -0.847. The van der Waals surface area contributed by atoms with Gasteiger partial charge in [-0.25, -0.2) is 9.37 Å². The van der Waals surface area contributed by atoms with Gasteiger partial charge in [0.2, 0.25) is 5.56 Å². The minimum Gasteiger partial charge on any atom is -0.365 e. The van der Waals surface area contributed by atoms with Crippen molar-refractivity contribution in [3.8, 4) is 0 Å². The number of carbonyl (C=O) groups is 1. The summed E-state index contributed by atoms with van der Waals surface area (Å²) in [5.41, 5.74) is 10.9. The molecule has 0 aliphatic heterocycles. The third-order valence-corrected chi connectivity index (χ3v) is 3.43. The molecule has 128 valence electrons. The number of hydrogen-bond donors (Lipinski definition) is 5. The molecule has 8 nitrogen and oxygen atoms in total. The quantitative estimate of drug-likeness (QED) is 0.532. The number of aromatic amines is 1. The first-order valence-corrected chi connectivity index (χ1v) is 7.26. The first kappa shape index (κ1) is 17.4. The van der Waals surface area contributed by atoms with E-state index in [0.717, 1.165) is 6.07 Å². The van der Waals surface area contributed by atoms with Crippen LogP contribution in [0.15, 0.2) is 29.2 Å². The second kappa shape index (κ2) is 7.09. The van der Waals surface area contributed by atoms with E-state index in [4.69, 9.17) is 11.5 Å². The van der Waals surface area contributed by atoms with E-state index in [9.17, 15) is 14.0 Å². The van der Waals surface area contributed by atoms with Crippen LogP contribution in [0.5, 0.6) is 0 Å². The summed E-state index contributed by atoms with van der Waals surface area (Å²) in [6.07, 6.45) is 1.43. The van der Waals surface area contributed by atoms with Crippen molar-refractivity contribution in [1.29, 1.82) is 0 Å². The van der Waals surface area contributed by atoms with Crippen LogP contribution in [0.4, 0.5) is 21.7 Å². The minimum absolute atomic E-state index is 0.0360. The van der Waals surface area contributed by atoms with Crippen molar-refractivity contribution in [2.24, 2.45) is 11.5 Å². The van der Waals surface area contributed by atoms with Crippen LogP contribution in [-0.4, -0.2) is 28.0 Å². The maximum atomic E-state index is 14.2. The van der Waals surface area contributed by atoms with Crippen molar-refractivity contribution >= 4 is 23.2 Å². The van der Waals surface area contributed by atoms with Crippen molar-refractivity contribution in [1.82, 2.24) is 9.97 Å². The molecule has 2 aromatic heterocycles. The summed E-state index contributed by atoms with van der Waals surface area (Å²) in [5.74, 6) is -1.61. The molecule has 2 atom stereocenters. The predicted octanol–water partition coefficient (Wildman–Crippen LogP) is 0.899. The van der Waals surface area contributed by atoms with Gasteiger partial charge in [0, 0.05) is 30.0 Å². The Hall–Kier alpha value is -2.94. The lowest BCUT2D eigenvalue weighted by atomic mass is 10.2. The van der Waals surface area contributed by atoms with E-state index >= 15 is 0 Å². The molecule has 0 unspecified atom stereocenters. The second-order valence-electron chi connectivity index (χ2n) is 5.44. The summed E-state index contributed by atoms with van der Waals surface area (Å²) in [6.45, 7) is 3.54. The van der Waals surface area contributed by atoms with E-state index in [-0.39, 0.29) is 34.8 Å². The number of anilines is 3. The third-order valence-electron chi connectivity index (χ3n) is 3.43. The number of rotatable bonds is 6. The fraction of sp³-hybridized carbons (Fsp3) is 0.267. The monoisotopic (exact) mass is 334 g/mol. The van der Waals surface area contributed by atoms with Gasteiger partial charge in [0.05, 0.1) is 5.56 Å². The molecule has 2 aromatic rings. The molecular formula is C15H19FN6O2. The first-order chi connectivity index (χ1) is 11.3. The maximum absolute atomic E-state index is 14.2. The zero-order valence-electron chi connectivity index (χ0n) is 13.3. The summed E-state index contributed by atoms with van der Waals surface area (Å²) in [6, 6.07) is 3.33. The number of hydrogen-bond acceptors (Lipinski definition) is 6. The Labute approximate surface area is 137 Å². The molecule has 2 heterocycles. The Bertz CT molecular complexity index is 805. The van der Waals surface area contributed by atoms with Crippen LogP contribution in [0.25, 0.3) is 0 Å². The number of nitrogens with one attached hydrogen (secondary N) is 3. The van der Waals surface area contributed by atoms with Crippen LogP contribution >= 0.6 is 0 Å². The van der Waals surface area contributed by atoms with Crippen molar-refractivity contribution in [2.75, 3.05) is 10.6 Å². The van der Waals surface area contributed by atoms with Crippen LogP contribution in [0, 0.1) is 5.82 Å². The zero-order chi connectivity index (χ0) is 17.9. The largest absolute Gasteiger partial charge is 0.365 e. The van der Waals surface area contributed by atoms with Gasteiger partial charge in [-0.3, -0.25) is 9.59 Å². The molecule has 1 amide bonds. The molecule has 0 aliphatic rings. The molecule has 2 rings (SSSR count). The van der Waals surface area contributed by atoms with Gasteiger partial charge < -0.3 is 27.1 Å². The molecule has 7 N–H and O–H groups in total. The van der Waals surface area contributed by atoms with E-state index in [1.165, 1.54) is 12.3 Å². The number of amides is 1. The molecule has 0 radical (unpaired) electrons. The van der Waals surface area contributed by atoms with Gasteiger partial charge in [0.15, 0.2) is 11.6 Å². The number of nitrogens with two attached hydrogens (primary N) is 2. The van der Waals surface area contributed by atoms with Gasteiger partial charge in [0.25, 0.3) is 5.91 Å². The van der Waals surface area contributed by atoms with Gasteiger partial charge in [-0.1, -0.05) is 0 Å². The normalized spacial score (nSPS) is 13.2. The Morgan fingerprint density at radius 3 is 2.62 bits per heavy atom. The van der Waals surface area contributed by atoms with Crippen LogP contribution in [0.2, 0.25) is 0 Å². The Morgan fingerprint density at radius 1 is 1.33 bits per heavy atom. The van der Waals surface area contributed by atoms with E-state index < -0.39 is 11.7 Å². The Kier molecular flexibility index (Phi) is 5.14. The Morgan fingerprint density at radius 2 is 2.04 bits per heavy atom. The molecule has 0 saturated heterocycles. The smallest absolute Gasteiger partial charge is 0.252 e. The molecule has 0 spiro atoms. The molecular weight excluding hydrogens is 315 g/mol. The molecule has 0 fully saturated rings. The maximum Gasteiger partial charge on any atom is 0.252 e. The van der Waals surface area contributed by atoms with Crippen LogP contribution in [0.3, 0.4) is 0 Å². The molecule has 24 heavy (non-hydrogen) atoms. The lowest BCUT2D eigenvalue weighted by molar-refractivity contribution is 0.100. The first-order valence-electron chi connectivity index (χ1n) is 7.26. The predicted molar refractivity (Wildman–Crippen MR) is 89.8 cm³/mol. The second-order valence-corrected chi connectivity index (χ2v) is 5.44. The lowest BCUT2D eigenvalue weighted by Crippen LogP contribution is -2.35. The van der Waals surface area contributed by atoms with Gasteiger partial charge in [-0.2, -0.15) is 0 Å². The number of aromatic nitrogens is 2. The highest BCUT2D eigenvalue weighted by Crippen LogP contribution is 2.23. The summed E-state index contributed by atoms with van der Waals surface area (Å²) in [4.78, 5) is 29.4. The SMILES string of the molecule is C[C@H](N)[C@@H](C)Nc1nc(Nc2cc[nH]c(=O)c2)c(C(N)=O)cc1F. The van der Waals surface area contributed by atoms with E-state index in [1.807, 2.05) is 0 Å². The summed E-state index contributed by atoms with van der Waals surface area (Å²) in [5, 5.41) is 5.64. The summed E-state index contributed by atoms with van der Waals surface area (Å²) < 4.78 is 14.2. The number of carbonyl (C=O) groups excluding carboxylic acids is 1. The number of nitrogens with zero attached hydrogens (tertiary/aromatic N) is 1. The highest BCUT2D eigenvalue weighted by atomic mass is 19.1. The van der Waals surface area contributed by atoms with Crippen LogP contribution in [0.1, 0.15) is 24.2 Å². The average molecular weight is 334 g/mol. The number of H-pyrrole nitrogens is 1. The van der Waals surface area contributed by atoms with Gasteiger partial charge in [-0.05, 0) is 26.0 Å². The summed E-state index contributed by atoms with van der Waals surface area (Å²) >= 11 is 0. The van der Waals surface area contributed by atoms with Crippen LogP contribution in [-0.2, 0) is 0 Å². The number of primary amides is 1. The summed E-state index contributed by atoms with van der Waals surface area (Å²) in [7, 11) is 0. The number of halogens is 1. The van der Waals surface area contributed by atoms with E-state index in [1.54, 1.807) is 19.9 Å². The number of pyridine rings is 2.